The maximum Gasteiger partial charge on any atom is 0.416 e. The zero-order valence-electron chi connectivity index (χ0n) is 10.2. The maximum atomic E-state index is 12.7. The maximum absolute atomic E-state index is 12.7. The van der Waals surface area contributed by atoms with E-state index in [1.54, 1.807) is 0 Å². The zero-order valence-corrected chi connectivity index (χ0v) is 10.9. The summed E-state index contributed by atoms with van der Waals surface area (Å²) in [5, 5.41) is 0.386. The van der Waals surface area contributed by atoms with Gasteiger partial charge >= 0.3 is 6.18 Å². The average molecular weight is 278 g/mol. The van der Waals surface area contributed by atoms with E-state index in [-0.39, 0.29) is 17.3 Å². The molecule has 0 aliphatic heterocycles. The number of hydrogen-bond donors (Lipinski definition) is 1. The van der Waals surface area contributed by atoms with Crippen molar-refractivity contribution < 1.29 is 13.2 Å². The van der Waals surface area contributed by atoms with Crippen LogP contribution in [0.5, 0.6) is 0 Å². The number of alkyl halides is 3. The van der Waals surface area contributed by atoms with Crippen molar-refractivity contribution in [1.82, 2.24) is 0 Å². The molecule has 0 heterocycles. The second-order valence-corrected chi connectivity index (χ2v) is 5.78. The van der Waals surface area contributed by atoms with Gasteiger partial charge in [0.1, 0.15) is 0 Å². The summed E-state index contributed by atoms with van der Waals surface area (Å²) in [5.74, 6) is 0.204. The summed E-state index contributed by atoms with van der Waals surface area (Å²) in [6.45, 7) is 4.47. The Labute approximate surface area is 109 Å². The van der Waals surface area contributed by atoms with Crippen LogP contribution in [0, 0.1) is 11.3 Å². The van der Waals surface area contributed by atoms with Gasteiger partial charge in [0.2, 0.25) is 0 Å². The first-order valence-corrected chi connectivity index (χ1v) is 6.14. The molecule has 1 nitrogen and oxygen atoms in total. The van der Waals surface area contributed by atoms with Crippen LogP contribution in [0.2, 0.25) is 5.02 Å². The number of halogens is 4. The molecule has 2 N–H and O–H groups in total. The van der Waals surface area contributed by atoms with Gasteiger partial charge < -0.3 is 5.73 Å². The van der Waals surface area contributed by atoms with Gasteiger partial charge in [0.25, 0.3) is 0 Å². The molecule has 0 bridgehead atoms. The Kier molecular flexibility index (Phi) is 3.14. The van der Waals surface area contributed by atoms with Crippen molar-refractivity contribution in [3.63, 3.8) is 0 Å². The van der Waals surface area contributed by atoms with Crippen molar-refractivity contribution in [2.45, 2.75) is 25.9 Å². The quantitative estimate of drug-likeness (QED) is 0.867. The molecule has 100 valence electrons. The molecule has 0 aromatic heterocycles. The summed E-state index contributed by atoms with van der Waals surface area (Å²) in [5.41, 5.74) is 5.47. The highest BCUT2D eigenvalue weighted by molar-refractivity contribution is 6.31. The summed E-state index contributed by atoms with van der Waals surface area (Å²) in [6, 6.07) is 3.49. The Morgan fingerprint density at radius 1 is 1.33 bits per heavy atom. The van der Waals surface area contributed by atoms with Crippen molar-refractivity contribution in [3.05, 3.63) is 34.3 Å². The third kappa shape index (κ3) is 2.12. The molecule has 1 saturated carbocycles. The van der Waals surface area contributed by atoms with E-state index in [0.29, 0.717) is 17.1 Å². The minimum Gasteiger partial charge on any atom is -0.330 e. The van der Waals surface area contributed by atoms with Gasteiger partial charge in [0.15, 0.2) is 0 Å². The lowest BCUT2D eigenvalue weighted by Gasteiger charge is -2.11. The summed E-state index contributed by atoms with van der Waals surface area (Å²) < 4.78 is 38.1. The fourth-order valence-electron chi connectivity index (χ4n) is 2.76. The Balaban J connectivity index is 2.41. The SMILES string of the molecule is CC1(C)[C@@H](CN)[C@@H]1c1cc(C(F)(F)F)ccc1Cl. The van der Waals surface area contributed by atoms with Gasteiger partial charge in [-0.3, -0.25) is 0 Å². The van der Waals surface area contributed by atoms with Crippen molar-refractivity contribution >= 4 is 11.6 Å². The van der Waals surface area contributed by atoms with Gasteiger partial charge in [0.05, 0.1) is 5.56 Å². The van der Waals surface area contributed by atoms with Crippen LogP contribution in [0.15, 0.2) is 18.2 Å². The summed E-state index contributed by atoms with van der Waals surface area (Å²) in [7, 11) is 0. The smallest absolute Gasteiger partial charge is 0.330 e. The topological polar surface area (TPSA) is 26.0 Å². The summed E-state index contributed by atoms with van der Waals surface area (Å²) in [4.78, 5) is 0. The Hall–Kier alpha value is -0.740. The van der Waals surface area contributed by atoms with Crippen LogP contribution in [0.25, 0.3) is 0 Å². The van der Waals surface area contributed by atoms with E-state index >= 15 is 0 Å². The molecular weight excluding hydrogens is 263 g/mol. The van der Waals surface area contributed by atoms with Gasteiger partial charge in [-0.2, -0.15) is 13.2 Å². The number of rotatable bonds is 2. The number of nitrogens with two attached hydrogens (primary N) is 1. The van der Waals surface area contributed by atoms with E-state index in [1.165, 1.54) is 6.07 Å². The minimum atomic E-state index is -4.34. The highest BCUT2D eigenvalue weighted by Crippen LogP contribution is 2.65. The Morgan fingerprint density at radius 2 is 1.94 bits per heavy atom. The molecule has 0 radical (unpaired) electrons. The number of hydrogen-bond acceptors (Lipinski definition) is 1. The minimum absolute atomic E-state index is 0.0114. The summed E-state index contributed by atoms with van der Waals surface area (Å²) in [6.07, 6.45) is -4.34. The third-order valence-electron chi connectivity index (χ3n) is 3.96. The molecule has 1 aromatic carbocycles. The molecule has 0 amide bonds. The molecule has 5 heteroatoms. The summed E-state index contributed by atoms with van der Waals surface area (Å²) >= 11 is 6.02. The van der Waals surface area contributed by atoms with Crippen molar-refractivity contribution in [3.8, 4) is 0 Å². The van der Waals surface area contributed by atoms with Crippen LogP contribution in [-0.2, 0) is 6.18 Å². The molecule has 0 spiro atoms. The van der Waals surface area contributed by atoms with E-state index in [2.05, 4.69) is 0 Å². The van der Waals surface area contributed by atoms with E-state index in [0.717, 1.165) is 12.1 Å². The van der Waals surface area contributed by atoms with Crippen molar-refractivity contribution in [1.29, 1.82) is 0 Å². The van der Waals surface area contributed by atoms with Crippen LogP contribution >= 0.6 is 11.6 Å². The molecule has 1 fully saturated rings. The predicted octanol–water partition coefficient (Wildman–Crippen LogP) is 4.06. The highest BCUT2D eigenvalue weighted by atomic mass is 35.5. The first-order valence-electron chi connectivity index (χ1n) is 5.76. The highest BCUT2D eigenvalue weighted by Gasteiger charge is 2.58. The first kappa shape index (κ1) is 13.7. The molecule has 0 saturated heterocycles. The standard InChI is InChI=1S/C13H15ClF3N/c1-12(2)9(6-18)11(12)8-5-7(13(15,16)17)3-4-10(8)14/h3-5,9,11H,6,18H2,1-2H3/t9-,11-/m0/s1. The van der Waals surface area contributed by atoms with Crippen LogP contribution in [-0.4, -0.2) is 6.54 Å². The lowest BCUT2D eigenvalue weighted by Crippen LogP contribution is -2.06. The molecule has 18 heavy (non-hydrogen) atoms. The Morgan fingerprint density at radius 3 is 2.39 bits per heavy atom. The van der Waals surface area contributed by atoms with E-state index in [4.69, 9.17) is 17.3 Å². The molecule has 2 rings (SSSR count). The lowest BCUT2D eigenvalue weighted by molar-refractivity contribution is -0.137. The molecule has 2 atom stereocenters. The zero-order chi connectivity index (χ0) is 13.7. The van der Waals surface area contributed by atoms with E-state index < -0.39 is 11.7 Å². The van der Waals surface area contributed by atoms with Crippen molar-refractivity contribution in [2.24, 2.45) is 17.1 Å². The molecule has 1 aliphatic rings. The fraction of sp³-hybridized carbons (Fsp3) is 0.538. The van der Waals surface area contributed by atoms with Crippen LogP contribution in [0.4, 0.5) is 13.2 Å². The van der Waals surface area contributed by atoms with Crippen LogP contribution < -0.4 is 5.73 Å². The monoisotopic (exact) mass is 277 g/mol. The third-order valence-corrected chi connectivity index (χ3v) is 4.31. The normalized spacial score (nSPS) is 26.2. The fourth-order valence-corrected chi connectivity index (χ4v) is 2.99. The van der Waals surface area contributed by atoms with Gasteiger partial charge in [-0.15, -0.1) is 0 Å². The second kappa shape index (κ2) is 4.14. The van der Waals surface area contributed by atoms with Crippen LogP contribution in [0.1, 0.15) is 30.9 Å². The average Bonchev–Trinajstić information content (AvgIpc) is 2.79. The Bertz CT molecular complexity index is 468. The molecule has 1 aliphatic carbocycles. The van der Waals surface area contributed by atoms with E-state index in [9.17, 15) is 13.2 Å². The molecule has 1 aromatic rings. The largest absolute Gasteiger partial charge is 0.416 e. The van der Waals surface area contributed by atoms with Gasteiger partial charge in [-0.25, -0.2) is 0 Å². The van der Waals surface area contributed by atoms with Gasteiger partial charge in [-0.05, 0) is 47.6 Å². The van der Waals surface area contributed by atoms with Crippen LogP contribution in [0.3, 0.4) is 0 Å². The second-order valence-electron chi connectivity index (χ2n) is 5.38. The molecular formula is C13H15ClF3N. The first-order chi connectivity index (χ1) is 8.19. The van der Waals surface area contributed by atoms with E-state index in [1.807, 2.05) is 13.8 Å². The molecule has 0 unspecified atom stereocenters. The van der Waals surface area contributed by atoms with Gasteiger partial charge in [0, 0.05) is 5.02 Å². The lowest BCUT2D eigenvalue weighted by atomic mass is 10.0. The van der Waals surface area contributed by atoms with Crippen molar-refractivity contribution in [2.75, 3.05) is 6.54 Å². The predicted molar refractivity (Wildman–Crippen MR) is 65.5 cm³/mol. The van der Waals surface area contributed by atoms with Gasteiger partial charge in [-0.1, -0.05) is 25.4 Å². The number of benzene rings is 1.